The van der Waals surface area contributed by atoms with Gasteiger partial charge in [-0.3, -0.25) is 9.59 Å². The van der Waals surface area contributed by atoms with Gasteiger partial charge < -0.3 is 23.8 Å². The quantitative estimate of drug-likeness (QED) is 0.0281. The smallest absolute Gasteiger partial charge is 0.362 e. The molecule has 0 aliphatic heterocycles. The maximum absolute atomic E-state index is 12.8. The zero-order chi connectivity index (χ0) is 50.6. The Bertz CT molecular complexity index is 1360. The number of nitrogens with zero attached hydrogens (tertiary/aromatic N) is 1. The van der Waals surface area contributed by atoms with Crippen LogP contribution in [-0.2, 0) is 28.6 Å². The number of rotatable bonds is 51. The molecule has 0 aromatic rings. The summed E-state index contributed by atoms with van der Waals surface area (Å²) in [4.78, 5) is 37.3. The van der Waals surface area contributed by atoms with Crippen molar-refractivity contribution in [1.82, 2.24) is 0 Å². The Morgan fingerprint density at radius 1 is 0.449 bits per heavy atom. The highest BCUT2D eigenvalue weighted by Gasteiger charge is 2.31. The van der Waals surface area contributed by atoms with Gasteiger partial charge >= 0.3 is 17.9 Å². The van der Waals surface area contributed by atoms with Crippen molar-refractivity contribution in [2.75, 3.05) is 41.0 Å². The number of hydrogen-bond acceptors (Lipinski definition) is 6. The van der Waals surface area contributed by atoms with Crippen LogP contribution in [0.1, 0.15) is 245 Å². The van der Waals surface area contributed by atoms with Crippen molar-refractivity contribution in [2.45, 2.75) is 257 Å². The third kappa shape index (κ3) is 49.5. The molecule has 0 rings (SSSR count). The Morgan fingerprint density at radius 3 is 1.20 bits per heavy atom. The van der Waals surface area contributed by atoms with E-state index in [4.69, 9.17) is 14.2 Å². The van der Waals surface area contributed by atoms with Gasteiger partial charge in [0.2, 0.25) is 0 Å². The van der Waals surface area contributed by atoms with E-state index in [-0.39, 0.29) is 36.2 Å². The summed E-state index contributed by atoms with van der Waals surface area (Å²) in [5, 5.41) is 9.68. The van der Waals surface area contributed by atoms with Crippen molar-refractivity contribution in [1.29, 1.82) is 0 Å². The first-order chi connectivity index (χ1) is 33.6. The second-order valence-corrected chi connectivity index (χ2v) is 20.2. The lowest BCUT2D eigenvalue weighted by Crippen LogP contribution is -2.50. The summed E-state index contributed by atoms with van der Waals surface area (Å²) in [6.07, 6.45) is 66.7. The number of ether oxygens (including phenoxy) is 3. The minimum Gasteiger partial charge on any atom is -0.477 e. The predicted molar refractivity (Wildman–Crippen MR) is 294 cm³/mol. The molecule has 8 heteroatoms. The summed E-state index contributed by atoms with van der Waals surface area (Å²) in [6.45, 7) is 4.63. The van der Waals surface area contributed by atoms with Crippen LogP contribution < -0.4 is 0 Å². The van der Waals surface area contributed by atoms with Crippen molar-refractivity contribution >= 4 is 17.9 Å². The van der Waals surface area contributed by atoms with E-state index >= 15 is 0 Å². The molecule has 8 nitrogen and oxygen atoms in total. The normalized spacial score (nSPS) is 13.3. The van der Waals surface area contributed by atoms with Crippen LogP contribution in [0.25, 0.3) is 0 Å². The Hall–Kier alpha value is -3.23. The molecule has 0 aromatic carbocycles. The van der Waals surface area contributed by atoms with Gasteiger partial charge in [0.1, 0.15) is 6.61 Å². The standard InChI is InChI=1S/C61H107NO7/c1-6-8-10-12-14-16-18-20-22-24-26-28-30-32-33-35-37-39-41-43-45-47-49-51-59(63)68-56-57(55-67-54-53-58(61(65)66)62(3,4)5)69-60(64)52-50-48-46-44-42-40-38-36-34-31-29-27-25-23-21-19-17-15-13-11-9-7-2/h9,11,15,17,21,23,26-29,32-33,57-58H,6-8,10,12-14,16,18-20,22,24-25,30-31,34-56H2,1-5H3/p+1/b11-9+,17-15+,23-21+,28-26+,29-27+,33-32+. The zero-order valence-electron chi connectivity index (χ0n) is 45.5. The van der Waals surface area contributed by atoms with Gasteiger partial charge in [0.05, 0.1) is 34.4 Å². The van der Waals surface area contributed by atoms with Crippen LogP contribution in [0.4, 0.5) is 0 Å². The van der Waals surface area contributed by atoms with Crippen LogP contribution in [-0.4, -0.2) is 80.6 Å². The second kappa shape index (κ2) is 51.1. The number of carboxylic acids is 1. The summed E-state index contributed by atoms with van der Waals surface area (Å²) < 4.78 is 17.4. The van der Waals surface area contributed by atoms with E-state index in [9.17, 15) is 19.5 Å². The Balaban J connectivity index is 4.21. The molecule has 0 radical (unpaired) electrons. The Morgan fingerprint density at radius 2 is 0.812 bits per heavy atom. The number of allylic oxidation sites excluding steroid dienone is 12. The number of carbonyl (C=O) groups is 3. The minimum absolute atomic E-state index is 0.0538. The molecule has 0 aliphatic carbocycles. The summed E-state index contributed by atoms with van der Waals surface area (Å²) in [5.74, 6) is -1.48. The van der Waals surface area contributed by atoms with Crippen LogP contribution in [0.2, 0.25) is 0 Å². The highest BCUT2D eigenvalue weighted by atomic mass is 16.6. The molecular weight excluding hydrogens is 859 g/mol. The first-order valence-corrected chi connectivity index (χ1v) is 28.5. The van der Waals surface area contributed by atoms with E-state index in [0.29, 0.717) is 19.3 Å². The van der Waals surface area contributed by atoms with E-state index in [1.54, 1.807) is 0 Å². The largest absolute Gasteiger partial charge is 0.477 e. The van der Waals surface area contributed by atoms with Crippen LogP contribution in [0.5, 0.6) is 0 Å². The highest BCUT2D eigenvalue weighted by molar-refractivity contribution is 5.72. The molecule has 0 saturated heterocycles. The average Bonchev–Trinajstić information content (AvgIpc) is 3.31. The monoisotopic (exact) mass is 967 g/mol. The van der Waals surface area contributed by atoms with Crippen molar-refractivity contribution in [3.8, 4) is 0 Å². The number of esters is 2. The molecule has 2 unspecified atom stereocenters. The van der Waals surface area contributed by atoms with Gasteiger partial charge in [0.15, 0.2) is 12.1 Å². The number of quaternary nitrogens is 1. The lowest BCUT2D eigenvalue weighted by molar-refractivity contribution is -0.887. The fraction of sp³-hybridized carbons (Fsp3) is 0.754. The van der Waals surface area contributed by atoms with Gasteiger partial charge in [-0.25, -0.2) is 4.79 Å². The van der Waals surface area contributed by atoms with Gasteiger partial charge in [0.25, 0.3) is 0 Å². The molecule has 0 bridgehead atoms. The van der Waals surface area contributed by atoms with E-state index in [2.05, 4.69) is 86.8 Å². The zero-order valence-corrected chi connectivity index (χ0v) is 45.5. The van der Waals surface area contributed by atoms with Crippen LogP contribution in [0.3, 0.4) is 0 Å². The predicted octanol–water partition coefficient (Wildman–Crippen LogP) is 17.0. The lowest BCUT2D eigenvalue weighted by Gasteiger charge is -2.31. The molecule has 0 heterocycles. The molecule has 1 N–H and O–H groups in total. The number of aliphatic carboxylic acids is 1. The number of unbranched alkanes of at least 4 members (excludes halogenated alkanes) is 25. The molecule has 69 heavy (non-hydrogen) atoms. The number of carbonyl (C=O) groups excluding carboxylic acids is 2. The van der Waals surface area contributed by atoms with E-state index in [1.807, 2.05) is 21.1 Å². The number of carboxylic acid groups (broad SMARTS) is 1. The van der Waals surface area contributed by atoms with Crippen molar-refractivity contribution in [3.63, 3.8) is 0 Å². The van der Waals surface area contributed by atoms with Crippen molar-refractivity contribution in [3.05, 3.63) is 72.9 Å². The fourth-order valence-electron chi connectivity index (χ4n) is 8.23. The third-order valence-electron chi connectivity index (χ3n) is 12.6. The highest BCUT2D eigenvalue weighted by Crippen LogP contribution is 2.15. The first-order valence-electron chi connectivity index (χ1n) is 28.5. The van der Waals surface area contributed by atoms with Gasteiger partial charge in [0, 0.05) is 19.3 Å². The fourth-order valence-corrected chi connectivity index (χ4v) is 8.23. The molecule has 0 saturated carbocycles. The molecule has 0 spiro atoms. The van der Waals surface area contributed by atoms with Gasteiger partial charge in [-0.15, -0.1) is 0 Å². The second-order valence-electron chi connectivity index (χ2n) is 20.2. The number of hydrogen-bond donors (Lipinski definition) is 1. The summed E-state index contributed by atoms with van der Waals surface area (Å²) in [5.41, 5.74) is 0. The molecule has 0 amide bonds. The molecule has 0 aromatic heterocycles. The Kier molecular flexibility index (Phi) is 48.7. The van der Waals surface area contributed by atoms with Crippen LogP contribution >= 0.6 is 0 Å². The summed E-state index contributed by atoms with van der Waals surface area (Å²) >= 11 is 0. The summed E-state index contributed by atoms with van der Waals surface area (Å²) in [6, 6.07) is -0.621. The SMILES string of the molecule is CC/C=C/C/C=C/C/C=C/C/C=C/CCCCCCCCCCCC(=O)OC(COCCC(C(=O)O)[N+](C)(C)C)COC(=O)CCCCCCCCC/C=C/C/C=C/CCCCCCCCCCC. The van der Waals surface area contributed by atoms with Gasteiger partial charge in [-0.2, -0.15) is 0 Å². The maximum Gasteiger partial charge on any atom is 0.362 e. The molecule has 0 fully saturated rings. The number of likely N-dealkylation sites (N-methyl/N-ethyl adjacent to an activating group) is 1. The third-order valence-corrected chi connectivity index (χ3v) is 12.6. The van der Waals surface area contributed by atoms with Crippen molar-refractivity contribution in [2.24, 2.45) is 0 Å². The Labute approximate surface area is 425 Å². The van der Waals surface area contributed by atoms with Gasteiger partial charge in [-0.1, -0.05) is 215 Å². The van der Waals surface area contributed by atoms with E-state index < -0.39 is 18.1 Å². The van der Waals surface area contributed by atoms with Crippen molar-refractivity contribution < 1.29 is 38.2 Å². The first kappa shape index (κ1) is 65.8. The molecule has 2 atom stereocenters. The van der Waals surface area contributed by atoms with Crippen LogP contribution in [0.15, 0.2) is 72.9 Å². The molecule has 0 aliphatic rings. The summed E-state index contributed by atoms with van der Waals surface area (Å²) in [7, 11) is 5.54. The van der Waals surface area contributed by atoms with Crippen LogP contribution in [0, 0.1) is 0 Å². The molecular formula is C61H108NO7+. The maximum atomic E-state index is 12.8. The van der Waals surface area contributed by atoms with Gasteiger partial charge in [-0.05, 0) is 83.5 Å². The minimum atomic E-state index is -0.877. The molecule has 398 valence electrons. The topological polar surface area (TPSA) is 99.1 Å². The van der Waals surface area contributed by atoms with E-state index in [1.165, 1.54) is 128 Å². The van der Waals surface area contributed by atoms with E-state index in [0.717, 1.165) is 83.5 Å². The average molecular weight is 968 g/mol. The lowest BCUT2D eigenvalue weighted by atomic mass is 10.1.